The Morgan fingerprint density at radius 1 is 1.00 bits per heavy atom. The fourth-order valence-corrected chi connectivity index (χ4v) is 2.09. The van der Waals surface area contributed by atoms with Crippen molar-refractivity contribution in [2.45, 2.75) is 25.7 Å². The van der Waals surface area contributed by atoms with Crippen LogP contribution in [0.1, 0.15) is 12.5 Å². The van der Waals surface area contributed by atoms with Crippen LogP contribution in [0, 0.1) is 0 Å². The lowest BCUT2D eigenvalue weighted by atomic mass is 10.2. The molecule has 2 rings (SSSR count). The summed E-state index contributed by atoms with van der Waals surface area (Å²) >= 11 is 0. The molecule has 3 nitrogen and oxygen atoms in total. The third kappa shape index (κ3) is 4.64. The van der Waals surface area contributed by atoms with Crippen molar-refractivity contribution in [2.24, 2.45) is 0 Å². The monoisotopic (exact) mass is 298 g/mol. The molecule has 0 radical (unpaired) electrons. The number of methoxy groups -OCH3 is 1. The molecule has 0 saturated heterocycles. The smallest absolute Gasteiger partial charge is 0.126 e. The molecule has 2 aromatic carbocycles. The quantitative estimate of drug-likeness (QED) is 0.682. The molecule has 2 atom stereocenters. The van der Waals surface area contributed by atoms with Crippen molar-refractivity contribution in [1.82, 2.24) is 0 Å². The topological polar surface area (TPSA) is 27.7 Å². The number of hydrogen-bond donors (Lipinski definition) is 0. The lowest BCUT2D eigenvalue weighted by Gasteiger charge is -2.22. The summed E-state index contributed by atoms with van der Waals surface area (Å²) in [6, 6.07) is 17.5. The molecule has 0 aliphatic carbocycles. The largest absolute Gasteiger partial charge is 0.497 e. The number of ether oxygens (including phenoxy) is 3. The first-order valence-electron chi connectivity index (χ1n) is 7.31. The van der Waals surface area contributed by atoms with Gasteiger partial charge in [0.1, 0.15) is 23.7 Å². The molecule has 0 unspecified atom stereocenters. The number of rotatable bonds is 8. The van der Waals surface area contributed by atoms with Gasteiger partial charge in [-0.15, -0.1) is 6.58 Å². The van der Waals surface area contributed by atoms with Crippen LogP contribution in [0.25, 0.3) is 0 Å². The van der Waals surface area contributed by atoms with E-state index in [1.807, 2.05) is 61.5 Å². The highest BCUT2D eigenvalue weighted by Crippen LogP contribution is 2.17. The van der Waals surface area contributed by atoms with E-state index in [-0.39, 0.29) is 12.2 Å². The van der Waals surface area contributed by atoms with E-state index in [9.17, 15) is 0 Å². The molecule has 3 heteroatoms. The van der Waals surface area contributed by atoms with Gasteiger partial charge in [-0.3, -0.25) is 0 Å². The summed E-state index contributed by atoms with van der Waals surface area (Å²) in [6.07, 6.45) is 1.48. The molecule has 22 heavy (non-hydrogen) atoms. The molecule has 0 fully saturated rings. The van der Waals surface area contributed by atoms with Crippen molar-refractivity contribution < 1.29 is 14.2 Å². The Hall–Kier alpha value is -2.26. The van der Waals surface area contributed by atoms with Crippen molar-refractivity contribution >= 4 is 0 Å². The maximum Gasteiger partial charge on any atom is 0.126 e. The lowest BCUT2D eigenvalue weighted by Crippen LogP contribution is -2.29. The van der Waals surface area contributed by atoms with E-state index < -0.39 is 0 Å². The van der Waals surface area contributed by atoms with E-state index in [4.69, 9.17) is 14.2 Å². The number of hydrogen-bond acceptors (Lipinski definition) is 3. The fourth-order valence-electron chi connectivity index (χ4n) is 2.09. The summed E-state index contributed by atoms with van der Waals surface area (Å²) < 4.78 is 16.9. The van der Waals surface area contributed by atoms with E-state index >= 15 is 0 Å². The summed E-state index contributed by atoms with van der Waals surface area (Å²) in [7, 11) is 1.65. The fraction of sp³-hybridized carbons (Fsp3) is 0.263. The molecule has 0 aliphatic rings. The predicted octanol–water partition coefficient (Wildman–Crippen LogP) is 4.23. The standard InChI is InChI=1S/C19H22O3/c1-4-19(15(2)22-18-8-6-5-7-9-18)21-14-16-10-12-17(20-3)13-11-16/h4-13,15,19H,1,14H2,2-3H3/t15-,19+/m0/s1. The van der Waals surface area contributed by atoms with Gasteiger partial charge in [0, 0.05) is 0 Å². The average Bonchev–Trinajstić information content (AvgIpc) is 2.57. The minimum absolute atomic E-state index is 0.113. The SMILES string of the molecule is C=C[C@@H](OCc1ccc(OC)cc1)[C@H](C)Oc1ccccc1. The Bertz CT molecular complexity index is 563. The second kappa shape index (κ2) is 8.25. The van der Waals surface area contributed by atoms with Crippen molar-refractivity contribution in [1.29, 1.82) is 0 Å². The van der Waals surface area contributed by atoms with Gasteiger partial charge in [-0.25, -0.2) is 0 Å². The normalized spacial score (nSPS) is 13.2. The minimum Gasteiger partial charge on any atom is -0.497 e. The molecule has 0 bridgehead atoms. The summed E-state index contributed by atoms with van der Waals surface area (Å²) in [5, 5.41) is 0. The summed E-state index contributed by atoms with van der Waals surface area (Å²) in [4.78, 5) is 0. The van der Waals surface area contributed by atoms with Crippen LogP contribution >= 0.6 is 0 Å². The zero-order valence-electron chi connectivity index (χ0n) is 13.1. The van der Waals surface area contributed by atoms with Gasteiger partial charge >= 0.3 is 0 Å². The van der Waals surface area contributed by atoms with E-state index in [1.165, 1.54) is 0 Å². The van der Waals surface area contributed by atoms with Crippen LogP contribution in [-0.2, 0) is 11.3 Å². The third-order valence-electron chi connectivity index (χ3n) is 3.36. The maximum atomic E-state index is 5.90. The van der Waals surface area contributed by atoms with Gasteiger partial charge in [0.2, 0.25) is 0 Å². The molecule has 0 amide bonds. The summed E-state index contributed by atoms with van der Waals surface area (Å²) in [6.45, 7) is 6.32. The molecule has 0 aliphatic heterocycles. The van der Waals surface area contributed by atoms with Crippen molar-refractivity contribution in [3.8, 4) is 11.5 Å². The molecule has 0 N–H and O–H groups in total. The second-order valence-electron chi connectivity index (χ2n) is 5.00. The van der Waals surface area contributed by atoms with Gasteiger partial charge in [0.25, 0.3) is 0 Å². The summed E-state index contributed by atoms with van der Waals surface area (Å²) in [5.41, 5.74) is 1.08. The van der Waals surface area contributed by atoms with Gasteiger partial charge in [0.05, 0.1) is 13.7 Å². The van der Waals surface area contributed by atoms with Crippen LogP contribution in [0.4, 0.5) is 0 Å². The van der Waals surface area contributed by atoms with E-state index in [0.717, 1.165) is 17.1 Å². The first kappa shape index (κ1) is 16.1. The van der Waals surface area contributed by atoms with Gasteiger partial charge in [0.15, 0.2) is 0 Å². The van der Waals surface area contributed by atoms with E-state index in [1.54, 1.807) is 13.2 Å². The van der Waals surface area contributed by atoms with Crippen molar-refractivity contribution in [3.05, 3.63) is 72.8 Å². The van der Waals surface area contributed by atoms with Gasteiger partial charge in [-0.1, -0.05) is 36.4 Å². The lowest BCUT2D eigenvalue weighted by molar-refractivity contribution is 0.000956. The average molecular weight is 298 g/mol. The number of para-hydroxylation sites is 1. The third-order valence-corrected chi connectivity index (χ3v) is 3.36. The molecule has 116 valence electrons. The molecule has 0 saturated carbocycles. The Morgan fingerprint density at radius 3 is 2.27 bits per heavy atom. The van der Waals surface area contributed by atoms with Gasteiger partial charge in [-0.2, -0.15) is 0 Å². The molecule has 0 spiro atoms. The highest BCUT2D eigenvalue weighted by Gasteiger charge is 2.16. The van der Waals surface area contributed by atoms with E-state index in [2.05, 4.69) is 6.58 Å². The number of benzene rings is 2. The van der Waals surface area contributed by atoms with Crippen LogP contribution in [0.3, 0.4) is 0 Å². The Kier molecular flexibility index (Phi) is 6.04. The minimum atomic E-state index is -0.178. The Morgan fingerprint density at radius 2 is 1.68 bits per heavy atom. The Labute approximate surface area is 132 Å². The van der Waals surface area contributed by atoms with Crippen molar-refractivity contribution in [2.75, 3.05) is 7.11 Å². The summed E-state index contributed by atoms with van der Waals surface area (Å²) in [5.74, 6) is 1.67. The maximum absolute atomic E-state index is 5.90. The first-order valence-corrected chi connectivity index (χ1v) is 7.31. The molecular formula is C19H22O3. The highest BCUT2D eigenvalue weighted by atomic mass is 16.5. The van der Waals surface area contributed by atoms with Crippen LogP contribution in [0.2, 0.25) is 0 Å². The van der Waals surface area contributed by atoms with Crippen LogP contribution in [0.15, 0.2) is 67.3 Å². The predicted molar refractivity (Wildman–Crippen MR) is 88.3 cm³/mol. The zero-order chi connectivity index (χ0) is 15.8. The molecular weight excluding hydrogens is 276 g/mol. The first-order chi connectivity index (χ1) is 10.7. The van der Waals surface area contributed by atoms with E-state index in [0.29, 0.717) is 6.61 Å². The van der Waals surface area contributed by atoms with Crippen LogP contribution in [0.5, 0.6) is 11.5 Å². The zero-order valence-corrected chi connectivity index (χ0v) is 13.1. The second-order valence-corrected chi connectivity index (χ2v) is 5.00. The van der Waals surface area contributed by atoms with Crippen LogP contribution < -0.4 is 9.47 Å². The highest BCUT2D eigenvalue weighted by molar-refractivity contribution is 5.26. The van der Waals surface area contributed by atoms with Gasteiger partial charge < -0.3 is 14.2 Å². The van der Waals surface area contributed by atoms with Gasteiger partial charge in [-0.05, 0) is 36.8 Å². The molecule has 0 aromatic heterocycles. The molecule has 0 heterocycles. The van der Waals surface area contributed by atoms with Crippen molar-refractivity contribution in [3.63, 3.8) is 0 Å². The molecule has 2 aromatic rings. The Balaban J connectivity index is 1.89. The van der Waals surface area contributed by atoms with Crippen LogP contribution in [-0.4, -0.2) is 19.3 Å².